The molecule has 118 valence electrons. The van der Waals surface area contributed by atoms with Gasteiger partial charge < -0.3 is 15.4 Å². The SMILES string of the molecule is COCCC1(CNC(=O)C2CCNCC2)CCCC1.Cl. The van der Waals surface area contributed by atoms with Crippen molar-refractivity contribution in [3.05, 3.63) is 0 Å². The van der Waals surface area contributed by atoms with Crippen molar-refractivity contribution in [2.75, 3.05) is 33.4 Å². The van der Waals surface area contributed by atoms with E-state index in [0.29, 0.717) is 5.41 Å². The van der Waals surface area contributed by atoms with Crippen LogP contribution in [0.1, 0.15) is 44.9 Å². The second-order valence-corrected chi connectivity index (χ2v) is 6.19. The summed E-state index contributed by atoms with van der Waals surface area (Å²) in [6, 6.07) is 0. The number of hydrogen-bond acceptors (Lipinski definition) is 3. The highest BCUT2D eigenvalue weighted by atomic mass is 35.5. The molecule has 1 amide bonds. The largest absolute Gasteiger partial charge is 0.385 e. The number of methoxy groups -OCH3 is 1. The molecule has 2 N–H and O–H groups in total. The minimum Gasteiger partial charge on any atom is -0.385 e. The van der Waals surface area contributed by atoms with Gasteiger partial charge in [-0.3, -0.25) is 4.79 Å². The Balaban J connectivity index is 0.00000200. The predicted molar refractivity (Wildman–Crippen MR) is 83.2 cm³/mol. The van der Waals surface area contributed by atoms with Gasteiger partial charge in [-0.1, -0.05) is 12.8 Å². The number of carbonyl (C=O) groups excluding carboxylic acids is 1. The van der Waals surface area contributed by atoms with E-state index in [1.165, 1.54) is 25.7 Å². The normalized spacial score (nSPS) is 22.2. The number of ether oxygens (including phenoxy) is 1. The maximum atomic E-state index is 12.2. The van der Waals surface area contributed by atoms with Crippen LogP contribution in [0.3, 0.4) is 0 Å². The average molecular weight is 305 g/mol. The Morgan fingerprint density at radius 3 is 2.55 bits per heavy atom. The summed E-state index contributed by atoms with van der Waals surface area (Å²) in [7, 11) is 1.76. The van der Waals surface area contributed by atoms with E-state index in [0.717, 1.165) is 45.5 Å². The van der Waals surface area contributed by atoms with Crippen LogP contribution in [-0.4, -0.2) is 39.3 Å². The van der Waals surface area contributed by atoms with E-state index in [1.807, 2.05) is 0 Å². The second kappa shape index (κ2) is 8.85. The summed E-state index contributed by atoms with van der Waals surface area (Å²) in [6.45, 7) is 3.61. The molecule has 1 heterocycles. The smallest absolute Gasteiger partial charge is 0.223 e. The van der Waals surface area contributed by atoms with Crippen molar-refractivity contribution < 1.29 is 9.53 Å². The van der Waals surface area contributed by atoms with Crippen LogP contribution in [0, 0.1) is 11.3 Å². The molecule has 2 rings (SSSR count). The third-order valence-corrected chi connectivity index (χ3v) is 4.85. The average Bonchev–Trinajstić information content (AvgIpc) is 2.93. The fourth-order valence-corrected chi connectivity index (χ4v) is 3.46. The first-order valence-electron chi connectivity index (χ1n) is 7.73. The third kappa shape index (κ3) is 4.90. The van der Waals surface area contributed by atoms with Gasteiger partial charge in [0.25, 0.3) is 0 Å². The number of amides is 1. The van der Waals surface area contributed by atoms with Crippen LogP contribution in [0.5, 0.6) is 0 Å². The summed E-state index contributed by atoms with van der Waals surface area (Å²) in [6.07, 6.45) is 8.12. The van der Waals surface area contributed by atoms with Gasteiger partial charge >= 0.3 is 0 Å². The molecule has 2 aliphatic rings. The number of hydrogen-bond donors (Lipinski definition) is 2. The molecule has 0 aromatic heterocycles. The van der Waals surface area contributed by atoms with Crippen LogP contribution in [-0.2, 0) is 9.53 Å². The fraction of sp³-hybridized carbons (Fsp3) is 0.933. The van der Waals surface area contributed by atoms with Crippen molar-refractivity contribution in [1.82, 2.24) is 10.6 Å². The molecule has 0 radical (unpaired) electrons. The van der Waals surface area contributed by atoms with Crippen LogP contribution >= 0.6 is 12.4 Å². The molecule has 0 spiro atoms. The van der Waals surface area contributed by atoms with Crippen molar-refractivity contribution >= 4 is 18.3 Å². The highest BCUT2D eigenvalue weighted by Gasteiger charge is 2.34. The summed E-state index contributed by atoms with van der Waals surface area (Å²) in [5.41, 5.74) is 0.304. The molecule has 1 saturated heterocycles. The Morgan fingerprint density at radius 2 is 1.95 bits per heavy atom. The van der Waals surface area contributed by atoms with Crippen molar-refractivity contribution in [3.8, 4) is 0 Å². The summed E-state index contributed by atoms with van der Waals surface area (Å²) >= 11 is 0. The minimum absolute atomic E-state index is 0. The molecule has 20 heavy (non-hydrogen) atoms. The van der Waals surface area contributed by atoms with E-state index in [4.69, 9.17) is 4.74 Å². The van der Waals surface area contributed by atoms with Crippen molar-refractivity contribution in [2.45, 2.75) is 44.9 Å². The molecular formula is C15H29ClN2O2. The first-order valence-corrected chi connectivity index (χ1v) is 7.73. The standard InChI is InChI=1S/C15H28N2O2.ClH/c1-19-11-8-15(6-2-3-7-15)12-17-14(18)13-4-9-16-10-5-13;/h13,16H,2-12H2,1H3,(H,17,18);1H. The molecule has 0 unspecified atom stereocenters. The minimum atomic E-state index is 0. The lowest BCUT2D eigenvalue weighted by molar-refractivity contribution is -0.126. The maximum Gasteiger partial charge on any atom is 0.223 e. The van der Waals surface area contributed by atoms with Gasteiger partial charge in [0.15, 0.2) is 0 Å². The highest BCUT2D eigenvalue weighted by molar-refractivity contribution is 5.85. The van der Waals surface area contributed by atoms with E-state index in [9.17, 15) is 4.79 Å². The Labute approximate surface area is 128 Å². The molecule has 0 aromatic rings. The fourth-order valence-electron chi connectivity index (χ4n) is 3.46. The Morgan fingerprint density at radius 1 is 1.30 bits per heavy atom. The van der Waals surface area contributed by atoms with Gasteiger partial charge in [-0.25, -0.2) is 0 Å². The molecule has 0 aromatic carbocycles. The van der Waals surface area contributed by atoms with Crippen LogP contribution in [0.2, 0.25) is 0 Å². The zero-order valence-electron chi connectivity index (χ0n) is 12.6. The lowest BCUT2D eigenvalue weighted by Crippen LogP contribution is -2.42. The molecule has 0 atom stereocenters. The van der Waals surface area contributed by atoms with Gasteiger partial charge in [0.05, 0.1) is 0 Å². The summed E-state index contributed by atoms with van der Waals surface area (Å²) in [5.74, 6) is 0.493. The lowest BCUT2D eigenvalue weighted by Gasteiger charge is -2.30. The summed E-state index contributed by atoms with van der Waals surface area (Å²) in [4.78, 5) is 12.2. The molecular weight excluding hydrogens is 276 g/mol. The zero-order valence-corrected chi connectivity index (χ0v) is 13.4. The number of halogens is 1. The zero-order chi connectivity index (χ0) is 13.6. The van der Waals surface area contributed by atoms with Crippen LogP contribution in [0.15, 0.2) is 0 Å². The molecule has 1 aliphatic carbocycles. The number of rotatable bonds is 6. The predicted octanol–water partition coefficient (Wildman–Crippen LogP) is 2.12. The molecule has 4 nitrogen and oxygen atoms in total. The molecule has 5 heteroatoms. The Bertz CT molecular complexity index is 288. The van der Waals surface area contributed by atoms with Crippen molar-refractivity contribution in [1.29, 1.82) is 0 Å². The molecule has 1 saturated carbocycles. The highest BCUT2D eigenvalue weighted by Crippen LogP contribution is 2.40. The van der Waals surface area contributed by atoms with Gasteiger partial charge in [-0.2, -0.15) is 0 Å². The van der Waals surface area contributed by atoms with Gasteiger partial charge in [-0.05, 0) is 50.6 Å². The van der Waals surface area contributed by atoms with Gasteiger partial charge in [0.2, 0.25) is 5.91 Å². The number of piperidine rings is 1. The van der Waals surface area contributed by atoms with E-state index in [1.54, 1.807) is 7.11 Å². The van der Waals surface area contributed by atoms with E-state index in [-0.39, 0.29) is 24.2 Å². The first-order chi connectivity index (χ1) is 9.26. The Kier molecular flexibility index (Phi) is 7.85. The van der Waals surface area contributed by atoms with E-state index < -0.39 is 0 Å². The first kappa shape index (κ1) is 17.7. The van der Waals surface area contributed by atoms with Crippen molar-refractivity contribution in [2.24, 2.45) is 11.3 Å². The third-order valence-electron chi connectivity index (χ3n) is 4.85. The number of carbonyl (C=O) groups is 1. The topological polar surface area (TPSA) is 50.4 Å². The van der Waals surface area contributed by atoms with Crippen LogP contribution in [0.4, 0.5) is 0 Å². The quantitative estimate of drug-likeness (QED) is 0.790. The Hall–Kier alpha value is -0.320. The molecule has 0 bridgehead atoms. The second-order valence-electron chi connectivity index (χ2n) is 6.19. The monoisotopic (exact) mass is 304 g/mol. The van der Waals surface area contributed by atoms with Crippen LogP contribution in [0.25, 0.3) is 0 Å². The lowest BCUT2D eigenvalue weighted by atomic mass is 9.82. The molecule has 1 aliphatic heterocycles. The van der Waals surface area contributed by atoms with Crippen LogP contribution < -0.4 is 10.6 Å². The summed E-state index contributed by atoms with van der Waals surface area (Å²) < 4.78 is 5.23. The van der Waals surface area contributed by atoms with E-state index >= 15 is 0 Å². The van der Waals surface area contributed by atoms with Gasteiger partial charge in [0.1, 0.15) is 0 Å². The van der Waals surface area contributed by atoms with Gasteiger partial charge in [0, 0.05) is 26.2 Å². The van der Waals surface area contributed by atoms with Crippen molar-refractivity contribution in [3.63, 3.8) is 0 Å². The van der Waals surface area contributed by atoms with E-state index in [2.05, 4.69) is 10.6 Å². The molecule has 2 fully saturated rings. The number of nitrogens with one attached hydrogen (secondary N) is 2. The maximum absolute atomic E-state index is 12.2. The van der Waals surface area contributed by atoms with Gasteiger partial charge in [-0.15, -0.1) is 12.4 Å². The summed E-state index contributed by atoms with van der Waals surface area (Å²) in [5, 5.41) is 6.53.